The average Bonchev–Trinajstić information content (AvgIpc) is 2.84. The van der Waals surface area contributed by atoms with Crippen molar-refractivity contribution in [3.63, 3.8) is 0 Å². The van der Waals surface area contributed by atoms with Crippen molar-refractivity contribution in [2.75, 3.05) is 20.7 Å². The van der Waals surface area contributed by atoms with Crippen LogP contribution in [0.3, 0.4) is 0 Å². The Hall–Kier alpha value is -1.32. The molecule has 0 amide bonds. The van der Waals surface area contributed by atoms with Crippen LogP contribution in [-0.4, -0.2) is 43.9 Å². The molecule has 0 radical (unpaired) electrons. The minimum Gasteiger partial charge on any atom is -0.486 e. The summed E-state index contributed by atoms with van der Waals surface area (Å²) in [5.74, 6) is 1.67. The van der Waals surface area contributed by atoms with Crippen molar-refractivity contribution in [1.82, 2.24) is 4.90 Å². The number of likely N-dealkylation sites (N-methyl/N-ethyl adjacent to an activating group) is 1. The molecule has 0 saturated carbocycles. The van der Waals surface area contributed by atoms with Crippen LogP contribution >= 0.6 is 0 Å². The lowest BCUT2D eigenvalue weighted by atomic mass is 9.53. The van der Waals surface area contributed by atoms with Gasteiger partial charge in [-0.15, -0.1) is 0 Å². The summed E-state index contributed by atoms with van der Waals surface area (Å²) in [5.41, 5.74) is 3.13. The van der Waals surface area contributed by atoms with Gasteiger partial charge in [-0.3, -0.25) is 0 Å². The first kappa shape index (κ1) is 12.2. The van der Waals surface area contributed by atoms with E-state index < -0.39 is 0 Å². The Morgan fingerprint density at radius 3 is 3.10 bits per heavy atom. The number of nitrogens with zero attached hydrogens (tertiary/aromatic N) is 1. The molecule has 1 aromatic rings. The molecule has 2 bridgehead atoms. The Kier molecular flexibility index (Phi) is 2.28. The van der Waals surface area contributed by atoms with Crippen LogP contribution in [-0.2, 0) is 16.6 Å². The van der Waals surface area contributed by atoms with Gasteiger partial charge >= 0.3 is 0 Å². The Morgan fingerprint density at radius 1 is 1.33 bits per heavy atom. The number of likely N-dealkylation sites (tertiary alicyclic amines) is 1. The molecule has 1 aromatic carbocycles. The van der Waals surface area contributed by atoms with Crippen LogP contribution in [0, 0.1) is 5.92 Å². The van der Waals surface area contributed by atoms with Crippen LogP contribution in [0.1, 0.15) is 17.5 Å². The van der Waals surface area contributed by atoms with Crippen molar-refractivity contribution in [3.8, 4) is 5.75 Å². The van der Waals surface area contributed by atoms with Gasteiger partial charge in [0.2, 0.25) is 0 Å². The minimum absolute atomic E-state index is 0.0728. The molecule has 0 N–H and O–H groups in total. The van der Waals surface area contributed by atoms with Gasteiger partial charge < -0.3 is 14.4 Å². The van der Waals surface area contributed by atoms with Crippen molar-refractivity contribution in [1.29, 1.82) is 0 Å². The van der Waals surface area contributed by atoms with Gasteiger partial charge in [0.1, 0.15) is 18.0 Å². The first-order valence-corrected chi connectivity index (χ1v) is 7.96. The number of hydrogen-bond acceptors (Lipinski definition) is 3. The number of hydrogen-bond donors (Lipinski definition) is 0. The molecule has 1 fully saturated rings. The highest BCUT2D eigenvalue weighted by atomic mass is 16.5. The number of rotatable bonds is 1. The van der Waals surface area contributed by atoms with Gasteiger partial charge in [0.15, 0.2) is 0 Å². The molecule has 2 aliphatic carbocycles. The van der Waals surface area contributed by atoms with E-state index in [9.17, 15) is 0 Å². The fourth-order valence-corrected chi connectivity index (χ4v) is 5.39. The number of methoxy groups -OCH3 is 1. The summed E-state index contributed by atoms with van der Waals surface area (Å²) >= 11 is 0. The molecule has 1 spiro atoms. The highest BCUT2D eigenvalue weighted by Gasteiger charge is 2.63. The van der Waals surface area contributed by atoms with E-state index >= 15 is 0 Å². The molecule has 0 aromatic heterocycles. The molecule has 1 saturated heterocycles. The van der Waals surface area contributed by atoms with Gasteiger partial charge in [0.05, 0.1) is 0 Å². The fraction of sp³-hybridized carbons (Fsp3) is 0.556. The van der Waals surface area contributed by atoms with Crippen LogP contribution in [0.25, 0.3) is 0 Å². The molecular formula is C18H21NO2. The van der Waals surface area contributed by atoms with Gasteiger partial charge in [0, 0.05) is 30.0 Å². The molecule has 5 atom stereocenters. The first-order valence-electron chi connectivity index (χ1n) is 7.96. The smallest absolute Gasteiger partial charge is 0.139 e. The Morgan fingerprint density at radius 2 is 2.24 bits per heavy atom. The zero-order valence-electron chi connectivity index (χ0n) is 12.6. The van der Waals surface area contributed by atoms with E-state index in [1.54, 1.807) is 7.11 Å². The summed E-state index contributed by atoms with van der Waals surface area (Å²) < 4.78 is 12.2. The van der Waals surface area contributed by atoms with Crippen molar-refractivity contribution in [2.24, 2.45) is 5.92 Å². The summed E-state index contributed by atoms with van der Waals surface area (Å²) in [5, 5.41) is 0. The SMILES string of the molecule is COC1C=CC2C3Cc4cccc5c4[C@@]2(CCN3C)[C@H]1O5. The van der Waals surface area contributed by atoms with Crippen LogP contribution in [0.15, 0.2) is 30.4 Å². The van der Waals surface area contributed by atoms with Gasteiger partial charge in [-0.2, -0.15) is 0 Å². The van der Waals surface area contributed by atoms with E-state index in [-0.39, 0.29) is 17.6 Å². The summed E-state index contributed by atoms with van der Waals surface area (Å²) in [6.45, 7) is 1.15. The van der Waals surface area contributed by atoms with Crippen molar-refractivity contribution in [2.45, 2.75) is 36.5 Å². The number of piperidine rings is 1. The van der Waals surface area contributed by atoms with E-state index in [2.05, 4.69) is 42.3 Å². The minimum atomic E-state index is 0.0728. The van der Waals surface area contributed by atoms with Gasteiger partial charge in [-0.25, -0.2) is 0 Å². The second-order valence-electron chi connectivity index (χ2n) is 6.98. The van der Waals surface area contributed by atoms with E-state index in [0.717, 1.165) is 18.7 Å². The first-order chi connectivity index (χ1) is 10.3. The summed E-state index contributed by atoms with van der Waals surface area (Å²) in [6.07, 6.45) is 7.18. The highest BCUT2D eigenvalue weighted by molar-refractivity contribution is 5.56. The van der Waals surface area contributed by atoms with Crippen molar-refractivity contribution >= 4 is 0 Å². The maximum absolute atomic E-state index is 6.42. The third kappa shape index (κ3) is 1.28. The maximum atomic E-state index is 6.42. The Balaban J connectivity index is 1.80. The highest BCUT2D eigenvalue weighted by Crippen LogP contribution is 2.60. The van der Waals surface area contributed by atoms with Crippen LogP contribution in [0.5, 0.6) is 5.75 Å². The zero-order chi connectivity index (χ0) is 14.2. The predicted molar refractivity (Wildman–Crippen MR) is 80.7 cm³/mol. The Labute approximate surface area is 125 Å². The van der Waals surface area contributed by atoms with Crippen LogP contribution in [0.4, 0.5) is 0 Å². The lowest BCUT2D eigenvalue weighted by Crippen LogP contribution is -2.65. The standard InChI is InChI=1S/C18H21NO2/c1-19-9-8-18-12-6-7-15(20-2)17(18)21-14-5-3-4-11(16(14)18)10-13(12)19/h3-7,12-13,15,17H,8-10H2,1-2H3/t12?,13?,15?,17-,18-/m0/s1. The van der Waals surface area contributed by atoms with Crippen LogP contribution in [0.2, 0.25) is 0 Å². The third-order valence-corrected chi connectivity index (χ3v) is 6.30. The van der Waals surface area contributed by atoms with E-state index in [4.69, 9.17) is 9.47 Å². The number of benzene rings is 1. The second-order valence-corrected chi connectivity index (χ2v) is 6.98. The summed E-state index contributed by atoms with van der Waals surface area (Å²) in [7, 11) is 4.07. The topological polar surface area (TPSA) is 21.7 Å². The Bertz CT molecular complexity index is 640. The van der Waals surface area contributed by atoms with Crippen molar-refractivity contribution in [3.05, 3.63) is 41.5 Å². The molecule has 3 heteroatoms. The van der Waals surface area contributed by atoms with Gasteiger partial charge in [0.25, 0.3) is 0 Å². The molecule has 3 unspecified atom stereocenters. The average molecular weight is 283 g/mol. The van der Waals surface area contributed by atoms with Gasteiger partial charge in [-0.1, -0.05) is 24.3 Å². The molecule has 2 aliphatic heterocycles. The van der Waals surface area contributed by atoms with E-state index in [1.807, 2.05) is 0 Å². The lowest BCUT2D eigenvalue weighted by molar-refractivity contribution is -0.0579. The molecule has 2 heterocycles. The lowest BCUT2D eigenvalue weighted by Gasteiger charge is -2.56. The zero-order valence-corrected chi connectivity index (χ0v) is 12.6. The van der Waals surface area contributed by atoms with Gasteiger partial charge in [-0.05, 0) is 38.1 Å². The van der Waals surface area contributed by atoms with Crippen molar-refractivity contribution < 1.29 is 9.47 Å². The third-order valence-electron chi connectivity index (χ3n) is 6.30. The van der Waals surface area contributed by atoms with E-state index in [1.165, 1.54) is 17.5 Å². The largest absolute Gasteiger partial charge is 0.486 e. The second kappa shape index (κ2) is 3.90. The summed E-state index contributed by atoms with van der Waals surface area (Å²) in [6, 6.07) is 7.19. The maximum Gasteiger partial charge on any atom is 0.139 e. The molecular weight excluding hydrogens is 262 g/mol. The molecule has 110 valence electrons. The monoisotopic (exact) mass is 283 g/mol. The fourth-order valence-electron chi connectivity index (χ4n) is 5.39. The molecule has 3 nitrogen and oxygen atoms in total. The molecule has 4 aliphatic rings. The van der Waals surface area contributed by atoms with E-state index in [0.29, 0.717) is 12.0 Å². The summed E-state index contributed by atoms with van der Waals surface area (Å²) in [4.78, 5) is 2.54. The molecule has 5 rings (SSSR count). The normalized spacial score (nSPS) is 42.6. The number of ether oxygens (including phenoxy) is 2. The van der Waals surface area contributed by atoms with Crippen LogP contribution < -0.4 is 4.74 Å². The molecule has 21 heavy (non-hydrogen) atoms. The quantitative estimate of drug-likeness (QED) is 0.737. The predicted octanol–water partition coefficient (Wildman–Crippen LogP) is 2.15.